The molecule has 0 amide bonds. The number of nitrogens with one attached hydrogen (secondary N) is 1. The maximum Gasteiger partial charge on any atom is 0.173 e. The summed E-state index contributed by atoms with van der Waals surface area (Å²) in [6, 6.07) is 6.24. The lowest BCUT2D eigenvalue weighted by Crippen LogP contribution is -2.24. The van der Waals surface area contributed by atoms with Crippen LogP contribution >= 0.6 is 15.9 Å². The Labute approximate surface area is 125 Å². The van der Waals surface area contributed by atoms with Gasteiger partial charge in [0.15, 0.2) is 11.6 Å². The fourth-order valence-corrected chi connectivity index (χ4v) is 2.56. The van der Waals surface area contributed by atoms with Gasteiger partial charge in [-0.15, -0.1) is 0 Å². The quantitative estimate of drug-likeness (QED) is 0.824. The van der Waals surface area contributed by atoms with Crippen molar-refractivity contribution in [1.82, 2.24) is 10.3 Å². The number of nitrogens with zero attached hydrogens (tertiary/aromatic N) is 1. The van der Waals surface area contributed by atoms with E-state index in [9.17, 15) is 8.78 Å². The first-order valence-corrected chi connectivity index (χ1v) is 7.21. The summed E-state index contributed by atoms with van der Waals surface area (Å²) in [5, 5.41) is 3.33. The third kappa shape index (κ3) is 3.22. The van der Waals surface area contributed by atoms with Crippen LogP contribution in [0.1, 0.15) is 30.5 Å². The van der Waals surface area contributed by atoms with Crippen molar-refractivity contribution in [3.63, 3.8) is 0 Å². The number of benzene rings is 1. The minimum Gasteiger partial charge on any atom is -0.306 e. The molecule has 2 aromatic rings. The number of halogens is 3. The highest BCUT2D eigenvalue weighted by Gasteiger charge is 2.20. The molecule has 2 nitrogen and oxygen atoms in total. The van der Waals surface area contributed by atoms with Crippen LogP contribution in [-0.2, 0) is 0 Å². The summed E-state index contributed by atoms with van der Waals surface area (Å²) in [6.07, 6.45) is 4.35. The van der Waals surface area contributed by atoms with Crippen molar-refractivity contribution in [1.29, 1.82) is 0 Å². The molecule has 1 atom stereocenters. The van der Waals surface area contributed by atoms with Gasteiger partial charge in [-0.2, -0.15) is 0 Å². The Morgan fingerprint density at radius 1 is 1.30 bits per heavy atom. The van der Waals surface area contributed by atoms with Crippen molar-refractivity contribution in [2.45, 2.75) is 19.4 Å². The molecule has 0 radical (unpaired) electrons. The molecular weight excluding hydrogens is 326 g/mol. The van der Waals surface area contributed by atoms with Crippen LogP contribution in [0.15, 0.2) is 41.1 Å². The normalized spacial score (nSPS) is 12.4. The average molecular weight is 341 g/mol. The van der Waals surface area contributed by atoms with E-state index in [0.717, 1.165) is 24.6 Å². The first-order chi connectivity index (χ1) is 9.65. The van der Waals surface area contributed by atoms with Gasteiger partial charge in [-0.1, -0.05) is 19.1 Å². The van der Waals surface area contributed by atoms with E-state index in [1.807, 2.05) is 19.1 Å². The number of pyridine rings is 1. The van der Waals surface area contributed by atoms with E-state index in [1.54, 1.807) is 18.5 Å². The first kappa shape index (κ1) is 15.1. The van der Waals surface area contributed by atoms with Crippen LogP contribution in [0.25, 0.3) is 0 Å². The van der Waals surface area contributed by atoms with E-state index in [0.29, 0.717) is 5.56 Å². The predicted molar refractivity (Wildman–Crippen MR) is 78.4 cm³/mol. The summed E-state index contributed by atoms with van der Waals surface area (Å²) in [7, 11) is 0. The highest BCUT2D eigenvalue weighted by Crippen LogP contribution is 2.31. The molecule has 1 heterocycles. The molecule has 106 valence electrons. The number of rotatable bonds is 5. The molecule has 0 fully saturated rings. The molecule has 2 rings (SSSR count). The maximum absolute atomic E-state index is 13.7. The summed E-state index contributed by atoms with van der Waals surface area (Å²) >= 11 is 3.15. The second-order valence-corrected chi connectivity index (χ2v) is 5.23. The molecule has 0 aliphatic carbocycles. The van der Waals surface area contributed by atoms with Gasteiger partial charge >= 0.3 is 0 Å². The van der Waals surface area contributed by atoms with Crippen molar-refractivity contribution in [2.75, 3.05) is 6.54 Å². The zero-order valence-corrected chi connectivity index (χ0v) is 12.6. The van der Waals surface area contributed by atoms with Crippen LogP contribution in [0.5, 0.6) is 0 Å². The smallest absolute Gasteiger partial charge is 0.173 e. The summed E-state index contributed by atoms with van der Waals surface area (Å²) in [5.41, 5.74) is 1.57. The lowest BCUT2D eigenvalue weighted by atomic mass is 10.00. The van der Waals surface area contributed by atoms with Crippen LogP contribution in [0.3, 0.4) is 0 Å². The van der Waals surface area contributed by atoms with E-state index in [4.69, 9.17) is 0 Å². The van der Waals surface area contributed by atoms with Gasteiger partial charge in [-0.3, -0.25) is 4.98 Å². The van der Waals surface area contributed by atoms with Gasteiger partial charge in [0, 0.05) is 12.4 Å². The molecule has 5 heteroatoms. The molecule has 0 saturated carbocycles. The van der Waals surface area contributed by atoms with Crippen LogP contribution in [0.2, 0.25) is 0 Å². The van der Waals surface area contributed by atoms with E-state index in [2.05, 4.69) is 26.2 Å². The fraction of sp³-hybridized carbons (Fsp3) is 0.267. The van der Waals surface area contributed by atoms with Gasteiger partial charge < -0.3 is 5.32 Å². The minimum absolute atomic E-state index is 0.148. The van der Waals surface area contributed by atoms with Crippen molar-refractivity contribution >= 4 is 15.9 Å². The minimum atomic E-state index is -0.866. The Morgan fingerprint density at radius 2 is 2.10 bits per heavy atom. The molecule has 0 bridgehead atoms. The third-order valence-corrected chi connectivity index (χ3v) is 3.80. The van der Waals surface area contributed by atoms with Gasteiger partial charge in [-0.25, -0.2) is 8.78 Å². The zero-order chi connectivity index (χ0) is 14.5. The van der Waals surface area contributed by atoms with Crippen molar-refractivity contribution < 1.29 is 8.78 Å². The Hall–Kier alpha value is -1.33. The van der Waals surface area contributed by atoms with Crippen LogP contribution in [-0.4, -0.2) is 11.5 Å². The number of hydrogen-bond acceptors (Lipinski definition) is 2. The van der Waals surface area contributed by atoms with Crippen molar-refractivity contribution in [3.05, 3.63) is 63.9 Å². The highest BCUT2D eigenvalue weighted by molar-refractivity contribution is 9.10. The number of hydrogen-bond donors (Lipinski definition) is 1. The summed E-state index contributed by atoms with van der Waals surface area (Å²) in [5.74, 6) is -1.73. The van der Waals surface area contributed by atoms with Gasteiger partial charge in [0.25, 0.3) is 0 Å². The number of aromatic nitrogens is 1. The molecule has 0 spiro atoms. The fourth-order valence-electron chi connectivity index (χ4n) is 2.01. The Kier molecular flexibility index (Phi) is 5.20. The lowest BCUT2D eigenvalue weighted by molar-refractivity contribution is 0.497. The Morgan fingerprint density at radius 3 is 2.75 bits per heavy atom. The van der Waals surface area contributed by atoms with Crippen molar-refractivity contribution in [3.8, 4) is 0 Å². The Balaban J connectivity index is 2.44. The molecule has 0 saturated heterocycles. The largest absolute Gasteiger partial charge is 0.306 e. The summed E-state index contributed by atoms with van der Waals surface area (Å²) < 4.78 is 27.1. The average Bonchev–Trinajstić information content (AvgIpc) is 2.48. The molecule has 0 aliphatic rings. The summed E-state index contributed by atoms with van der Waals surface area (Å²) in [6.45, 7) is 2.82. The van der Waals surface area contributed by atoms with Gasteiger partial charge in [-0.05, 0) is 52.2 Å². The standard InChI is InChI=1S/C15H15BrF2N2/c1-2-7-20-15(10-4-3-8-19-9-10)11-5-6-12(17)14(18)13(11)16/h3-6,8-9,15,20H,2,7H2,1H3. The molecule has 1 aromatic carbocycles. The lowest BCUT2D eigenvalue weighted by Gasteiger charge is -2.21. The van der Waals surface area contributed by atoms with E-state index in [1.165, 1.54) is 0 Å². The van der Waals surface area contributed by atoms with Gasteiger partial charge in [0.2, 0.25) is 0 Å². The van der Waals surface area contributed by atoms with Crippen LogP contribution in [0, 0.1) is 11.6 Å². The predicted octanol–water partition coefficient (Wildman–Crippen LogP) is 4.21. The van der Waals surface area contributed by atoms with Crippen LogP contribution in [0.4, 0.5) is 8.78 Å². The second-order valence-electron chi connectivity index (χ2n) is 4.44. The Bertz CT molecular complexity index is 576. The first-order valence-electron chi connectivity index (χ1n) is 6.41. The molecule has 20 heavy (non-hydrogen) atoms. The topological polar surface area (TPSA) is 24.9 Å². The molecule has 0 aliphatic heterocycles. The monoisotopic (exact) mass is 340 g/mol. The molecule has 1 aromatic heterocycles. The molecular formula is C15H15BrF2N2. The van der Waals surface area contributed by atoms with Gasteiger partial charge in [0.05, 0.1) is 10.5 Å². The van der Waals surface area contributed by atoms with Gasteiger partial charge in [0.1, 0.15) is 0 Å². The maximum atomic E-state index is 13.7. The second kappa shape index (κ2) is 6.90. The van der Waals surface area contributed by atoms with Crippen molar-refractivity contribution in [2.24, 2.45) is 0 Å². The zero-order valence-electron chi connectivity index (χ0n) is 11.0. The third-order valence-electron chi connectivity index (χ3n) is 2.99. The van der Waals surface area contributed by atoms with Crippen LogP contribution < -0.4 is 5.32 Å². The molecule has 1 N–H and O–H groups in total. The molecule has 1 unspecified atom stereocenters. The SMILES string of the molecule is CCCNC(c1cccnc1)c1ccc(F)c(F)c1Br. The summed E-state index contributed by atoms with van der Waals surface area (Å²) in [4.78, 5) is 4.09. The van der Waals surface area contributed by atoms with E-state index in [-0.39, 0.29) is 10.5 Å². The highest BCUT2D eigenvalue weighted by atomic mass is 79.9. The van der Waals surface area contributed by atoms with E-state index < -0.39 is 11.6 Å². The van der Waals surface area contributed by atoms with E-state index >= 15 is 0 Å².